The van der Waals surface area contributed by atoms with Gasteiger partial charge in [0.2, 0.25) is 0 Å². The lowest BCUT2D eigenvalue weighted by Gasteiger charge is -2.40. The van der Waals surface area contributed by atoms with Crippen LogP contribution in [0.3, 0.4) is 0 Å². The molecule has 6 nitrogen and oxygen atoms in total. The highest BCUT2D eigenvalue weighted by molar-refractivity contribution is 7.08. The van der Waals surface area contributed by atoms with E-state index in [1.807, 2.05) is 11.8 Å². The molecule has 1 aromatic heterocycles. The molecular formula is C17H25N5OS. The standard InChI is InChI=1S/C17H25N5OS/c1-2-14-16(24-20-19-14)17(23)22-10-8-21(9-11-22)15(12-18)13-6-4-3-5-7-13/h13,15H,2-11H2,1H3. The van der Waals surface area contributed by atoms with Crippen molar-refractivity contribution in [3.63, 3.8) is 0 Å². The van der Waals surface area contributed by atoms with Gasteiger partial charge in [0.1, 0.15) is 10.9 Å². The van der Waals surface area contributed by atoms with E-state index >= 15 is 0 Å². The molecular weight excluding hydrogens is 322 g/mol. The lowest BCUT2D eigenvalue weighted by Crippen LogP contribution is -2.53. The third-order valence-corrected chi connectivity index (χ3v) is 6.06. The number of hydrogen-bond donors (Lipinski definition) is 0. The monoisotopic (exact) mass is 347 g/mol. The molecule has 3 rings (SSSR count). The van der Waals surface area contributed by atoms with Crippen molar-refractivity contribution in [1.29, 1.82) is 5.26 Å². The summed E-state index contributed by atoms with van der Waals surface area (Å²) in [5, 5.41) is 13.7. The number of aryl methyl sites for hydroxylation is 1. The van der Waals surface area contributed by atoms with E-state index in [9.17, 15) is 10.1 Å². The third-order valence-electron chi connectivity index (χ3n) is 5.31. The Bertz CT molecular complexity index is 596. The van der Waals surface area contributed by atoms with Crippen LogP contribution in [0.1, 0.15) is 54.4 Å². The highest BCUT2D eigenvalue weighted by atomic mass is 32.1. The quantitative estimate of drug-likeness (QED) is 0.836. The van der Waals surface area contributed by atoms with E-state index < -0.39 is 0 Å². The van der Waals surface area contributed by atoms with E-state index in [2.05, 4.69) is 20.6 Å². The van der Waals surface area contributed by atoms with Crippen LogP contribution in [0.25, 0.3) is 0 Å². The Morgan fingerprint density at radius 2 is 2.00 bits per heavy atom. The van der Waals surface area contributed by atoms with Crippen LogP contribution in [0.4, 0.5) is 0 Å². The number of nitriles is 1. The molecule has 1 atom stereocenters. The van der Waals surface area contributed by atoms with Crippen molar-refractivity contribution in [1.82, 2.24) is 19.4 Å². The molecule has 130 valence electrons. The maximum atomic E-state index is 12.7. The number of aromatic nitrogens is 2. The van der Waals surface area contributed by atoms with Crippen LogP contribution >= 0.6 is 11.5 Å². The van der Waals surface area contributed by atoms with Gasteiger partial charge in [-0.15, -0.1) is 5.10 Å². The van der Waals surface area contributed by atoms with Crippen molar-refractivity contribution < 1.29 is 4.79 Å². The lowest BCUT2D eigenvalue weighted by atomic mass is 9.83. The summed E-state index contributed by atoms with van der Waals surface area (Å²) in [5.41, 5.74) is 0.796. The minimum absolute atomic E-state index is 0.0128. The molecule has 2 heterocycles. The fourth-order valence-electron chi connectivity index (χ4n) is 3.88. The van der Waals surface area contributed by atoms with Gasteiger partial charge in [0.15, 0.2) is 0 Å². The normalized spacial score (nSPS) is 21.4. The van der Waals surface area contributed by atoms with Gasteiger partial charge in [-0.1, -0.05) is 30.7 Å². The zero-order valence-electron chi connectivity index (χ0n) is 14.3. The Kier molecular flexibility index (Phi) is 5.80. The Balaban J connectivity index is 1.59. The summed E-state index contributed by atoms with van der Waals surface area (Å²) in [7, 11) is 0. The number of rotatable bonds is 4. The molecule has 1 aromatic rings. The van der Waals surface area contributed by atoms with Crippen LogP contribution < -0.4 is 0 Å². The summed E-state index contributed by atoms with van der Waals surface area (Å²) in [5.74, 6) is 0.552. The van der Waals surface area contributed by atoms with Gasteiger partial charge in [0.05, 0.1) is 11.8 Å². The number of carbonyl (C=O) groups is 1. The highest BCUT2D eigenvalue weighted by Crippen LogP contribution is 2.29. The number of carbonyl (C=O) groups excluding carboxylic acids is 1. The smallest absolute Gasteiger partial charge is 0.267 e. The number of hydrogen-bond acceptors (Lipinski definition) is 6. The summed E-state index contributed by atoms with van der Waals surface area (Å²) in [6, 6.07) is 2.55. The van der Waals surface area contributed by atoms with Crippen LogP contribution in [-0.4, -0.2) is 57.5 Å². The average molecular weight is 347 g/mol. The molecule has 1 aliphatic heterocycles. The molecule has 7 heteroatoms. The average Bonchev–Trinajstić information content (AvgIpc) is 3.12. The molecule has 0 N–H and O–H groups in total. The van der Waals surface area contributed by atoms with Gasteiger partial charge >= 0.3 is 0 Å². The van der Waals surface area contributed by atoms with Crippen LogP contribution in [0.2, 0.25) is 0 Å². The molecule has 1 saturated heterocycles. The van der Waals surface area contributed by atoms with E-state index in [1.165, 1.54) is 43.6 Å². The first-order valence-corrected chi connectivity index (χ1v) is 9.76. The predicted octanol–water partition coefficient (Wildman–Crippen LogP) is 2.33. The van der Waals surface area contributed by atoms with Crippen molar-refractivity contribution in [3.05, 3.63) is 10.6 Å². The highest BCUT2D eigenvalue weighted by Gasteiger charge is 2.32. The maximum Gasteiger partial charge on any atom is 0.267 e. The summed E-state index contributed by atoms with van der Waals surface area (Å²) in [4.78, 5) is 17.5. The van der Waals surface area contributed by atoms with E-state index in [1.54, 1.807) is 0 Å². The molecule has 0 radical (unpaired) electrons. The molecule has 1 unspecified atom stereocenters. The number of piperazine rings is 1. The molecule has 1 aliphatic carbocycles. The molecule has 1 amide bonds. The van der Waals surface area contributed by atoms with E-state index in [0.29, 0.717) is 23.9 Å². The Morgan fingerprint density at radius 3 is 2.62 bits per heavy atom. The second-order valence-electron chi connectivity index (χ2n) is 6.70. The van der Waals surface area contributed by atoms with Crippen LogP contribution in [0, 0.1) is 17.2 Å². The maximum absolute atomic E-state index is 12.7. The SMILES string of the molecule is CCc1nnsc1C(=O)N1CCN(C(C#N)C2CCCCC2)CC1. The van der Waals surface area contributed by atoms with Crippen molar-refractivity contribution in [2.75, 3.05) is 26.2 Å². The second-order valence-corrected chi connectivity index (χ2v) is 7.46. The summed E-state index contributed by atoms with van der Waals surface area (Å²) in [6.07, 6.45) is 6.88. The van der Waals surface area contributed by atoms with E-state index in [0.717, 1.165) is 25.2 Å². The molecule has 0 bridgehead atoms. The summed E-state index contributed by atoms with van der Waals surface area (Å²) in [6.45, 7) is 4.94. The van der Waals surface area contributed by atoms with E-state index in [-0.39, 0.29) is 11.9 Å². The van der Waals surface area contributed by atoms with Gasteiger partial charge in [-0.3, -0.25) is 9.69 Å². The molecule has 24 heavy (non-hydrogen) atoms. The van der Waals surface area contributed by atoms with Crippen molar-refractivity contribution in [2.45, 2.75) is 51.5 Å². The van der Waals surface area contributed by atoms with E-state index in [4.69, 9.17) is 0 Å². The van der Waals surface area contributed by atoms with Gasteiger partial charge < -0.3 is 4.90 Å². The first kappa shape index (κ1) is 17.3. The topological polar surface area (TPSA) is 73.1 Å². The predicted molar refractivity (Wildman–Crippen MR) is 92.7 cm³/mol. The summed E-state index contributed by atoms with van der Waals surface area (Å²) < 4.78 is 3.92. The molecule has 2 aliphatic rings. The Labute approximate surface area is 147 Å². The molecule has 0 spiro atoms. The molecule has 2 fully saturated rings. The van der Waals surface area contributed by atoms with Crippen molar-refractivity contribution in [2.24, 2.45) is 5.92 Å². The van der Waals surface area contributed by atoms with Gasteiger partial charge in [0.25, 0.3) is 5.91 Å². The fourth-order valence-corrected chi connectivity index (χ4v) is 4.60. The van der Waals surface area contributed by atoms with Gasteiger partial charge in [0, 0.05) is 26.2 Å². The van der Waals surface area contributed by atoms with Crippen molar-refractivity contribution >= 4 is 17.4 Å². The molecule has 0 aromatic carbocycles. The lowest BCUT2D eigenvalue weighted by molar-refractivity contribution is 0.0541. The van der Waals surface area contributed by atoms with Crippen molar-refractivity contribution in [3.8, 4) is 6.07 Å². The fraction of sp³-hybridized carbons (Fsp3) is 0.765. The summed E-state index contributed by atoms with van der Waals surface area (Å²) >= 11 is 1.19. The number of amides is 1. The van der Waals surface area contributed by atoms with Crippen LogP contribution in [-0.2, 0) is 6.42 Å². The van der Waals surface area contributed by atoms with Gasteiger partial charge in [-0.25, -0.2) is 0 Å². The number of nitrogens with zero attached hydrogens (tertiary/aromatic N) is 5. The second kappa shape index (κ2) is 8.04. The largest absolute Gasteiger partial charge is 0.335 e. The van der Waals surface area contributed by atoms with Crippen LogP contribution in [0.15, 0.2) is 0 Å². The van der Waals surface area contributed by atoms with Crippen LogP contribution in [0.5, 0.6) is 0 Å². The van der Waals surface area contributed by atoms with Gasteiger partial charge in [-0.05, 0) is 36.7 Å². The minimum atomic E-state index is 0.0128. The zero-order chi connectivity index (χ0) is 16.9. The van der Waals surface area contributed by atoms with Gasteiger partial charge in [-0.2, -0.15) is 5.26 Å². The molecule has 1 saturated carbocycles. The zero-order valence-corrected chi connectivity index (χ0v) is 15.1. The Morgan fingerprint density at radius 1 is 1.29 bits per heavy atom. The first-order valence-electron chi connectivity index (χ1n) is 8.98. The third kappa shape index (κ3) is 3.60. The Hall–Kier alpha value is -1.52. The first-order chi connectivity index (χ1) is 11.7. The minimum Gasteiger partial charge on any atom is -0.335 e.